The molecule has 1 nitrogen and oxygen atoms in total. The number of benzene rings is 5. The Hall–Kier alpha value is -3.97. The van der Waals surface area contributed by atoms with Crippen molar-refractivity contribution in [3.05, 3.63) is 144 Å². The van der Waals surface area contributed by atoms with E-state index in [2.05, 4.69) is 135 Å². The van der Waals surface area contributed by atoms with Crippen LogP contribution in [0, 0.1) is 0 Å². The second kappa shape index (κ2) is 9.89. The first kappa shape index (κ1) is 21.9. The van der Waals surface area contributed by atoms with Crippen molar-refractivity contribution in [3.63, 3.8) is 0 Å². The fraction of sp³-hybridized carbons (Fsp3) is 0.121. The van der Waals surface area contributed by atoms with Gasteiger partial charge in [-0.25, -0.2) is 0 Å². The lowest BCUT2D eigenvalue weighted by Crippen LogP contribution is -2.09. The van der Waals surface area contributed by atoms with Crippen LogP contribution < -0.4 is 0 Å². The minimum Gasteiger partial charge on any atom is -0.276 e. The first-order valence-corrected chi connectivity index (χ1v) is 11.9. The number of rotatable bonds is 6. The van der Waals surface area contributed by atoms with E-state index in [4.69, 9.17) is 4.99 Å². The van der Waals surface area contributed by atoms with Gasteiger partial charge < -0.3 is 0 Å². The van der Waals surface area contributed by atoms with Crippen LogP contribution in [0.25, 0.3) is 21.5 Å². The molecule has 1 atom stereocenters. The second-order valence-corrected chi connectivity index (χ2v) is 8.97. The molecule has 0 radical (unpaired) electrons. The van der Waals surface area contributed by atoms with Gasteiger partial charge in [0.2, 0.25) is 0 Å². The van der Waals surface area contributed by atoms with Crippen molar-refractivity contribution in [2.45, 2.75) is 26.3 Å². The van der Waals surface area contributed by atoms with E-state index < -0.39 is 0 Å². The summed E-state index contributed by atoms with van der Waals surface area (Å²) in [6.45, 7) is 4.31. The van der Waals surface area contributed by atoms with Crippen molar-refractivity contribution < 1.29 is 0 Å². The fourth-order valence-corrected chi connectivity index (χ4v) is 4.59. The molecule has 0 aliphatic heterocycles. The topological polar surface area (TPSA) is 12.4 Å². The highest BCUT2D eigenvalue weighted by atomic mass is 14.8. The molecule has 0 aromatic heterocycles. The minimum absolute atomic E-state index is 0.0315. The highest BCUT2D eigenvalue weighted by Gasteiger charge is 2.17. The van der Waals surface area contributed by atoms with E-state index >= 15 is 0 Å². The van der Waals surface area contributed by atoms with Gasteiger partial charge in [-0.1, -0.05) is 127 Å². The van der Waals surface area contributed by atoms with Crippen LogP contribution in [0.4, 0.5) is 0 Å². The average Bonchev–Trinajstić information content (AvgIpc) is 2.89. The first-order chi connectivity index (χ1) is 16.7. The van der Waals surface area contributed by atoms with Crippen molar-refractivity contribution >= 4 is 27.3 Å². The van der Waals surface area contributed by atoms with Crippen LogP contribution in [0.1, 0.15) is 43.0 Å². The van der Waals surface area contributed by atoms with Gasteiger partial charge in [0.15, 0.2) is 0 Å². The number of nitrogens with zero attached hydrogens (tertiary/aromatic N) is 1. The van der Waals surface area contributed by atoms with Crippen LogP contribution in [0.3, 0.4) is 0 Å². The van der Waals surface area contributed by atoms with Gasteiger partial charge in [0.25, 0.3) is 0 Å². The largest absolute Gasteiger partial charge is 0.276 e. The zero-order chi connectivity index (χ0) is 23.3. The average molecular weight is 440 g/mol. The molecule has 5 aromatic carbocycles. The maximum absolute atomic E-state index is 5.53. The van der Waals surface area contributed by atoms with E-state index in [0.29, 0.717) is 0 Å². The Morgan fingerprint density at radius 3 is 1.68 bits per heavy atom. The summed E-state index contributed by atoms with van der Waals surface area (Å²) in [7, 11) is 0. The molecular formula is C33H29N. The Morgan fingerprint density at radius 2 is 1.12 bits per heavy atom. The fourth-order valence-electron chi connectivity index (χ4n) is 4.59. The first-order valence-electron chi connectivity index (χ1n) is 11.9. The Morgan fingerprint density at radius 1 is 0.618 bits per heavy atom. The SMILES string of the molecule is CC(C)=CCC(N=C(c1cccc2ccccc12)c1cccc2ccccc12)c1ccccc1. The predicted octanol–water partition coefficient (Wildman–Crippen LogP) is 8.93. The smallest absolute Gasteiger partial charge is 0.0791 e. The van der Waals surface area contributed by atoms with Gasteiger partial charge in [-0.2, -0.15) is 0 Å². The quantitative estimate of drug-likeness (QED) is 0.185. The molecular weight excluding hydrogens is 410 g/mol. The van der Waals surface area contributed by atoms with Crippen molar-refractivity contribution in [3.8, 4) is 0 Å². The standard InChI is InChI=1S/C33H29N/c1-24(2)22-23-32(27-14-4-3-5-15-27)34-33(30-20-10-16-25-12-6-8-18-28(25)30)31-21-11-17-26-13-7-9-19-29(26)31/h3-22,32H,23H2,1-2H3. The number of hydrogen-bond donors (Lipinski definition) is 0. The molecule has 0 heterocycles. The van der Waals surface area contributed by atoms with Crippen molar-refractivity contribution in [1.82, 2.24) is 0 Å². The Balaban J connectivity index is 1.80. The van der Waals surface area contributed by atoms with E-state index in [0.717, 1.165) is 12.1 Å². The van der Waals surface area contributed by atoms with E-state index in [1.54, 1.807) is 0 Å². The van der Waals surface area contributed by atoms with Crippen LogP contribution in [0.5, 0.6) is 0 Å². The summed E-state index contributed by atoms with van der Waals surface area (Å²) in [5.41, 5.74) is 5.94. The molecule has 1 heteroatoms. The molecule has 1 unspecified atom stereocenters. The lowest BCUT2D eigenvalue weighted by atomic mass is 9.92. The lowest BCUT2D eigenvalue weighted by Gasteiger charge is -2.18. The molecule has 0 fully saturated rings. The molecule has 0 saturated carbocycles. The lowest BCUT2D eigenvalue weighted by molar-refractivity contribution is 0.741. The number of allylic oxidation sites excluding steroid dienone is 1. The van der Waals surface area contributed by atoms with E-state index in [1.807, 2.05) is 0 Å². The van der Waals surface area contributed by atoms with E-state index in [9.17, 15) is 0 Å². The third-order valence-electron chi connectivity index (χ3n) is 6.31. The van der Waals surface area contributed by atoms with Crippen LogP contribution in [0.15, 0.2) is 132 Å². The summed E-state index contributed by atoms with van der Waals surface area (Å²) in [5, 5.41) is 4.92. The van der Waals surface area contributed by atoms with Crippen LogP contribution in [-0.2, 0) is 0 Å². The molecule has 5 rings (SSSR count). The Labute approximate surface area is 202 Å². The minimum atomic E-state index is 0.0315. The summed E-state index contributed by atoms with van der Waals surface area (Å²) in [4.78, 5) is 5.53. The van der Waals surface area contributed by atoms with Crippen LogP contribution in [0.2, 0.25) is 0 Å². The van der Waals surface area contributed by atoms with Crippen molar-refractivity contribution in [2.75, 3.05) is 0 Å². The zero-order valence-corrected chi connectivity index (χ0v) is 19.8. The summed E-state index contributed by atoms with van der Waals surface area (Å²) >= 11 is 0. The number of aliphatic imine (C=N–C) groups is 1. The van der Waals surface area contributed by atoms with E-state index in [-0.39, 0.29) is 6.04 Å². The molecule has 166 valence electrons. The summed E-state index contributed by atoms with van der Waals surface area (Å²) < 4.78 is 0. The number of fused-ring (bicyclic) bond motifs is 2. The van der Waals surface area contributed by atoms with Crippen molar-refractivity contribution in [1.29, 1.82) is 0 Å². The number of hydrogen-bond acceptors (Lipinski definition) is 1. The highest BCUT2D eigenvalue weighted by Crippen LogP contribution is 2.30. The van der Waals surface area contributed by atoms with Gasteiger partial charge in [0.05, 0.1) is 11.8 Å². The third kappa shape index (κ3) is 4.56. The molecule has 0 spiro atoms. The van der Waals surface area contributed by atoms with Gasteiger partial charge in [-0.3, -0.25) is 4.99 Å². The summed E-state index contributed by atoms with van der Waals surface area (Å²) in [6.07, 6.45) is 3.16. The monoisotopic (exact) mass is 439 g/mol. The summed E-state index contributed by atoms with van der Waals surface area (Å²) in [5.74, 6) is 0. The van der Waals surface area contributed by atoms with Gasteiger partial charge >= 0.3 is 0 Å². The highest BCUT2D eigenvalue weighted by molar-refractivity contribution is 6.24. The molecule has 0 N–H and O–H groups in total. The predicted molar refractivity (Wildman–Crippen MR) is 147 cm³/mol. The van der Waals surface area contributed by atoms with Crippen LogP contribution >= 0.6 is 0 Å². The zero-order valence-electron chi connectivity index (χ0n) is 19.8. The van der Waals surface area contributed by atoms with E-state index in [1.165, 1.54) is 43.8 Å². The molecule has 0 amide bonds. The molecule has 0 aliphatic carbocycles. The van der Waals surface area contributed by atoms with Gasteiger partial charge in [0, 0.05) is 11.1 Å². The van der Waals surface area contributed by atoms with Crippen molar-refractivity contribution in [2.24, 2.45) is 4.99 Å². The maximum Gasteiger partial charge on any atom is 0.0791 e. The summed E-state index contributed by atoms with van der Waals surface area (Å²) in [6, 6.07) is 41.0. The Bertz CT molecular complexity index is 1400. The second-order valence-electron chi connectivity index (χ2n) is 8.97. The molecule has 5 aromatic rings. The maximum atomic E-state index is 5.53. The molecule has 0 saturated heterocycles. The normalized spacial score (nSPS) is 11.8. The molecule has 0 bridgehead atoms. The van der Waals surface area contributed by atoms with Gasteiger partial charge in [0.1, 0.15) is 0 Å². The van der Waals surface area contributed by atoms with Gasteiger partial charge in [-0.05, 0) is 47.4 Å². The molecule has 0 aliphatic rings. The van der Waals surface area contributed by atoms with Gasteiger partial charge in [-0.15, -0.1) is 0 Å². The molecule has 34 heavy (non-hydrogen) atoms. The van der Waals surface area contributed by atoms with Crippen LogP contribution in [-0.4, -0.2) is 5.71 Å². The third-order valence-corrected chi connectivity index (χ3v) is 6.31. The Kier molecular flexibility index (Phi) is 6.35.